The second kappa shape index (κ2) is 9.61. The molecule has 1 spiro atoms. The van der Waals surface area contributed by atoms with E-state index in [4.69, 9.17) is 15.5 Å². The highest BCUT2D eigenvalue weighted by Crippen LogP contribution is 2.40. The number of rotatable bonds is 5. The van der Waals surface area contributed by atoms with E-state index >= 15 is 0 Å². The summed E-state index contributed by atoms with van der Waals surface area (Å²) in [6.07, 6.45) is 10.2. The molecule has 0 amide bonds. The molecule has 3 N–H and O–H groups in total. The Bertz CT molecular complexity index is 977. The average molecular weight is 452 g/mol. The second-order valence-corrected chi connectivity index (χ2v) is 9.40. The van der Waals surface area contributed by atoms with Gasteiger partial charge in [-0.25, -0.2) is 9.97 Å². The Kier molecular flexibility index (Phi) is 6.41. The number of nitrogens with zero attached hydrogens (tertiary/aromatic N) is 5. The number of nitrogens with two attached hydrogens (primary N) is 1. The predicted octanol–water partition coefficient (Wildman–Crippen LogP) is 1.69. The van der Waals surface area contributed by atoms with E-state index in [1.165, 1.54) is 12.8 Å². The van der Waals surface area contributed by atoms with Gasteiger partial charge >= 0.3 is 0 Å². The van der Waals surface area contributed by atoms with E-state index in [-0.39, 0.29) is 23.7 Å². The number of carbonyl (C=O) groups is 1. The van der Waals surface area contributed by atoms with Crippen molar-refractivity contribution in [2.75, 3.05) is 68.0 Å². The third-order valence-electron chi connectivity index (χ3n) is 7.45. The number of anilines is 3. The van der Waals surface area contributed by atoms with Crippen molar-refractivity contribution in [2.24, 2.45) is 5.41 Å². The maximum Gasteiger partial charge on any atom is 0.189 e. The van der Waals surface area contributed by atoms with Crippen LogP contribution in [0.1, 0.15) is 41.7 Å². The van der Waals surface area contributed by atoms with Crippen molar-refractivity contribution in [2.45, 2.75) is 32.1 Å². The zero-order valence-electron chi connectivity index (χ0n) is 19.1. The molecule has 9 heteroatoms. The van der Waals surface area contributed by atoms with Gasteiger partial charge in [-0.15, -0.1) is 0 Å². The van der Waals surface area contributed by atoms with Crippen LogP contribution in [0.3, 0.4) is 0 Å². The molecular weight excluding hydrogens is 418 g/mol. The fraction of sp³-hybridized carbons (Fsp3) is 0.583. The first-order valence-corrected chi connectivity index (χ1v) is 12.0. The highest BCUT2D eigenvalue weighted by molar-refractivity contribution is 6.00. The van der Waals surface area contributed by atoms with Gasteiger partial charge in [-0.3, -0.25) is 9.78 Å². The van der Waals surface area contributed by atoms with Crippen LogP contribution >= 0.6 is 0 Å². The minimum atomic E-state index is -0.129. The molecule has 33 heavy (non-hydrogen) atoms. The number of nitrogen functional groups attached to an aromatic ring is 1. The maximum atomic E-state index is 13.3. The Morgan fingerprint density at radius 3 is 2.58 bits per heavy atom. The number of piperidine rings is 2. The summed E-state index contributed by atoms with van der Waals surface area (Å²) in [6, 6.07) is 1.96. The topological polar surface area (TPSA) is 109 Å². The predicted molar refractivity (Wildman–Crippen MR) is 128 cm³/mol. The second-order valence-electron chi connectivity index (χ2n) is 9.40. The van der Waals surface area contributed by atoms with E-state index in [2.05, 4.69) is 25.1 Å². The first kappa shape index (κ1) is 22.0. The molecule has 0 atom stereocenters. The summed E-state index contributed by atoms with van der Waals surface area (Å²) in [7, 11) is 0. The molecule has 2 aromatic heterocycles. The quantitative estimate of drug-likeness (QED) is 0.656. The lowest BCUT2D eigenvalue weighted by Crippen LogP contribution is -2.45. The minimum absolute atomic E-state index is 0.129. The molecule has 0 bridgehead atoms. The Morgan fingerprint density at radius 2 is 1.82 bits per heavy atom. The molecule has 2 aromatic rings. The van der Waals surface area contributed by atoms with Crippen LogP contribution in [0.5, 0.6) is 0 Å². The van der Waals surface area contributed by atoms with E-state index in [1.54, 1.807) is 18.6 Å². The molecule has 0 radical (unpaired) electrons. The monoisotopic (exact) mass is 451 g/mol. The van der Waals surface area contributed by atoms with Crippen molar-refractivity contribution >= 4 is 23.1 Å². The van der Waals surface area contributed by atoms with Crippen molar-refractivity contribution in [3.05, 3.63) is 35.9 Å². The van der Waals surface area contributed by atoms with Crippen LogP contribution in [-0.4, -0.2) is 73.2 Å². The molecule has 0 saturated carbocycles. The first-order valence-electron chi connectivity index (χ1n) is 12.0. The van der Waals surface area contributed by atoms with E-state index in [0.29, 0.717) is 18.6 Å². The number of aromatic nitrogens is 3. The molecular formula is C24H33N7O2. The van der Waals surface area contributed by atoms with Gasteiger partial charge in [0.25, 0.3) is 0 Å². The van der Waals surface area contributed by atoms with E-state index in [0.717, 1.165) is 69.2 Å². The summed E-state index contributed by atoms with van der Waals surface area (Å²) in [5.74, 6) is 0.805. The van der Waals surface area contributed by atoms with Gasteiger partial charge in [-0.1, -0.05) is 0 Å². The molecule has 0 aromatic carbocycles. The molecule has 9 nitrogen and oxygen atoms in total. The molecule has 176 valence electrons. The Morgan fingerprint density at radius 1 is 1.06 bits per heavy atom. The normalized spacial score (nSPS) is 20.7. The maximum absolute atomic E-state index is 13.3. The van der Waals surface area contributed by atoms with Crippen molar-refractivity contribution < 1.29 is 9.53 Å². The van der Waals surface area contributed by atoms with Gasteiger partial charge in [-0.2, -0.15) is 0 Å². The van der Waals surface area contributed by atoms with Gasteiger partial charge in [0.05, 0.1) is 19.4 Å². The number of nitrogens with one attached hydrogen (secondary N) is 1. The van der Waals surface area contributed by atoms with Gasteiger partial charge in [0, 0.05) is 56.2 Å². The summed E-state index contributed by atoms with van der Waals surface area (Å²) in [5.41, 5.74) is 8.71. The molecule has 0 aliphatic carbocycles. The molecule has 5 rings (SSSR count). The van der Waals surface area contributed by atoms with Gasteiger partial charge in [0.15, 0.2) is 17.3 Å². The molecule has 3 aliphatic heterocycles. The largest absolute Gasteiger partial charge is 0.382 e. The fourth-order valence-corrected chi connectivity index (χ4v) is 5.34. The zero-order chi connectivity index (χ0) is 22.7. The van der Waals surface area contributed by atoms with Crippen molar-refractivity contribution in [3.8, 4) is 0 Å². The summed E-state index contributed by atoms with van der Waals surface area (Å²) in [5, 5.41) is 3.47. The molecule has 0 unspecified atom stereocenters. The lowest BCUT2D eigenvalue weighted by atomic mass is 9.71. The Balaban J connectivity index is 1.30. The third kappa shape index (κ3) is 4.79. The Labute approximate surface area is 194 Å². The number of hydrogen-bond donors (Lipinski definition) is 2. The summed E-state index contributed by atoms with van der Waals surface area (Å²) >= 11 is 0. The number of morpholine rings is 1. The minimum Gasteiger partial charge on any atom is -0.382 e. The van der Waals surface area contributed by atoms with Crippen molar-refractivity contribution in [1.29, 1.82) is 0 Å². The smallest absolute Gasteiger partial charge is 0.189 e. The van der Waals surface area contributed by atoms with Crippen LogP contribution in [0, 0.1) is 5.41 Å². The first-order chi connectivity index (χ1) is 16.1. The molecule has 3 fully saturated rings. The lowest BCUT2D eigenvalue weighted by molar-refractivity contribution is 0.0988. The van der Waals surface area contributed by atoms with E-state index in [9.17, 15) is 4.79 Å². The zero-order valence-corrected chi connectivity index (χ0v) is 19.1. The van der Waals surface area contributed by atoms with Gasteiger partial charge < -0.3 is 25.6 Å². The average Bonchev–Trinajstić information content (AvgIpc) is 2.86. The highest BCUT2D eigenvalue weighted by atomic mass is 16.5. The van der Waals surface area contributed by atoms with Gasteiger partial charge in [-0.05, 0) is 50.3 Å². The number of ketones is 1. The van der Waals surface area contributed by atoms with Crippen LogP contribution in [-0.2, 0) is 11.2 Å². The van der Waals surface area contributed by atoms with Crippen LogP contribution in [0.25, 0.3) is 0 Å². The van der Waals surface area contributed by atoms with Crippen LogP contribution in [0.4, 0.5) is 17.3 Å². The number of carbonyl (C=O) groups excluding carboxylic acids is 1. The third-order valence-corrected chi connectivity index (χ3v) is 7.45. The Hall–Kier alpha value is -2.78. The van der Waals surface area contributed by atoms with Gasteiger partial charge in [0.1, 0.15) is 5.82 Å². The number of hydrogen-bond acceptors (Lipinski definition) is 9. The molecule has 3 aliphatic rings. The standard InChI is InChI=1S/C24H33N7O2/c25-23-22(20(32)15-18-16-27-6-1-19(18)30-11-13-33-14-12-30)29-21(17-28-23)31-9-4-24(5-10-31)2-7-26-8-3-24/h1,6,16-17,26H,2-5,7-15H2,(H2,25,28). The fourth-order valence-electron chi connectivity index (χ4n) is 5.34. The summed E-state index contributed by atoms with van der Waals surface area (Å²) in [4.78, 5) is 31.0. The number of Topliss-reactive ketones (excluding diaryl/α,β-unsaturated/α-hetero) is 1. The molecule has 3 saturated heterocycles. The van der Waals surface area contributed by atoms with Gasteiger partial charge in [0.2, 0.25) is 0 Å². The SMILES string of the molecule is Nc1ncc(N2CCC3(CCNCC3)CC2)nc1C(=O)Cc1cnccc1N1CCOCC1. The van der Waals surface area contributed by atoms with E-state index < -0.39 is 0 Å². The lowest BCUT2D eigenvalue weighted by Gasteiger charge is -2.44. The molecule has 5 heterocycles. The van der Waals surface area contributed by atoms with E-state index in [1.807, 2.05) is 6.07 Å². The summed E-state index contributed by atoms with van der Waals surface area (Å²) in [6.45, 7) is 7.08. The van der Waals surface area contributed by atoms with Crippen molar-refractivity contribution in [1.82, 2.24) is 20.3 Å². The number of ether oxygens (including phenoxy) is 1. The van der Waals surface area contributed by atoms with Crippen LogP contribution in [0.15, 0.2) is 24.7 Å². The van der Waals surface area contributed by atoms with Crippen LogP contribution in [0.2, 0.25) is 0 Å². The van der Waals surface area contributed by atoms with Crippen LogP contribution < -0.4 is 20.9 Å². The highest BCUT2D eigenvalue weighted by Gasteiger charge is 2.36. The summed E-state index contributed by atoms with van der Waals surface area (Å²) < 4.78 is 5.47. The van der Waals surface area contributed by atoms with Crippen molar-refractivity contribution in [3.63, 3.8) is 0 Å². The number of pyridine rings is 1.